The van der Waals surface area contributed by atoms with E-state index in [-0.39, 0.29) is 0 Å². The van der Waals surface area contributed by atoms with Crippen LogP contribution in [0, 0.1) is 0 Å². The summed E-state index contributed by atoms with van der Waals surface area (Å²) in [4.78, 5) is 9.66. The van der Waals surface area contributed by atoms with Crippen LogP contribution in [0.5, 0.6) is 0 Å². The highest BCUT2D eigenvalue weighted by molar-refractivity contribution is 5.87. The van der Waals surface area contributed by atoms with Gasteiger partial charge in [0.25, 0.3) is 0 Å². The minimum atomic E-state index is 0.482. The van der Waals surface area contributed by atoms with Crippen LogP contribution >= 0.6 is 0 Å². The average Bonchev–Trinajstić information content (AvgIpc) is 3.38. The van der Waals surface area contributed by atoms with E-state index in [0.29, 0.717) is 11.8 Å². The minimum absolute atomic E-state index is 0.482. The maximum Gasteiger partial charge on any atom is 0.227 e. The third-order valence-corrected chi connectivity index (χ3v) is 6.11. The molecule has 0 atom stereocenters. The highest BCUT2D eigenvalue weighted by Crippen LogP contribution is 2.34. The highest BCUT2D eigenvalue weighted by Gasteiger charge is 2.20. The zero-order valence-corrected chi connectivity index (χ0v) is 17.6. The van der Waals surface area contributed by atoms with Crippen LogP contribution in [-0.4, -0.2) is 4.98 Å². The molecular weight excluding hydrogens is 380 g/mol. The molecule has 2 aliphatic rings. The maximum absolute atomic E-state index is 6.09. The fourth-order valence-corrected chi connectivity index (χ4v) is 4.54. The van der Waals surface area contributed by atoms with Crippen molar-refractivity contribution in [2.45, 2.75) is 26.2 Å². The molecule has 6 rings (SSSR count). The molecule has 0 unspecified atom stereocenters. The summed E-state index contributed by atoms with van der Waals surface area (Å²) in [5.41, 5.74) is 8.90. The molecule has 0 spiro atoms. The van der Waals surface area contributed by atoms with Crippen molar-refractivity contribution in [3.63, 3.8) is 0 Å². The lowest BCUT2D eigenvalue weighted by Gasteiger charge is -2.17. The molecule has 3 nitrogen and oxygen atoms in total. The van der Waals surface area contributed by atoms with Gasteiger partial charge in [0.2, 0.25) is 5.89 Å². The zero-order chi connectivity index (χ0) is 20.9. The summed E-state index contributed by atoms with van der Waals surface area (Å²) in [6.07, 6.45) is 5.42. The van der Waals surface area contributed by atoms with Crippen LogP contribution in [0.4, 0.5) is 0 Å². The van der Waals surface area contributed by atoms with Gasteiger partial charge >= 0.3 is 0 Å². The molecule has 0 bridgehead atoms. The van der Waals surface area contributed by atoms with Crippen LogP contribution in [-0.2, 0) is 0 Å². The molecule has 0 radical (unpaired) electrons. The second-order valence-electron chi connectivity index (χ2n) is 8.45. The Morgan fingerprint density at radius 1 is 0.935 bits per heavy atom. The monoisotopic (exact) mass is 402 g/mol. The van der Waals surface area contributed by atoms with Crippen LogP contribution in [0.2, 0.25) is 0 Å². The lowest BCUT2D eigenvalue weighted by molar-refractivity contribution is 0.619. The first-order chi connectivity index (χ1) is 15.2. The molecule has 1 aliphatic heterocycles. The van der Waals surface area contributed by atoms with Gasteiger partial charge in [0.05, 0.1) is 11.1 Å². The second kappa shape index (κ2) is 6.92. The van der Waals surface area contributed by atoms with Gasteiger partial charge in [0, 0.05) is 10.8 Å². The van der Waals surface area contributed by atoms with Gasteiger partial charge in [-0.3, -0.25) is 0 Å². The Bertz CT molecular complexity index is 1520. The molecule has 0 fully saturated rings. The standard InChI is InChI=1S/C28H22N2O/c1-17(2)20-10-6-7-11-21(20)19-12-13-22-23-15-27-26(16-25(23)29-24(22)14-19)30-28(31-27)18-8-4-3-5-9-18/h3-12,14-17H,13H2,1-2H3. The van der Waals surface area contributed by atoms with Crippen LogP contribution in [0.15, 0.2) is 94.0 Å². The van der Waals surface area contributed by atoms with Crippen molar-refractivity contribution in [2.24, 2.45) is 4.99 Å². The summed E-state index contributed by atoms with van der Waals surface area (Å²) in [6, 6.07) is 22.8. The van der Waals surface area contributed by atoms with Gasteiger partial charge in [0.15, 0.2) is 5.58 Å². The van der Waals surface area contributed by atoms with Crippen molar-refractivity contribution in [2.75, 3.05) is 0 Å². The zero-order valence-electron chi connectivity index (χ0n) is 17.6. The van der Waals surface area contributed by atoms with Crippen LogP contribution in [0.25, 0.3) is 33.7 Å². The summed E-state index contributed by atoms with van der Waals surface area (Å²) in [6.45, 7) is 4.49. The summed E-state index contributed by atoms with van der Waals surface area (Å²) < 4.78 is 6.09. The number of oxazole rings is 1. The Morgan fingerprint density at radius 2 is 1.74 bits per heavy atom. The van der Waals surface area contributed by atoms with Crippen LogP contribution < -0.4 is 10.6 Å². The number of hydrogen-bond acceptors (Lipinski definition) is 3. The van der Waals surface area contributed by atoms with Crippen LogP contribution in [0.3, 0.4) is 0 Å². The van der Waals surface area contributed by atoms with E-state index in [1.165, 1.54) is 22.3 Å². The Balaban J connectivity index is 1.44. The predicted octanol–water partition coefficient (Wildman–Crippen LogP) is 5.77. The van der Waals surface area contributed by atoms with Crippen LogP contribution in [0.1, 0.15) is 37.3 Å². The minimum Gasteiger partial charge on any atom is -0.436 e. The van der Waals surface area contributed by atoms with Gasteiger partial charge in [-0.05, 0) is 65.0 Å². The fourth-order valence-electron chi connectivity index (χ4n) is 4.54. The number of rotatable bonds is 3. The third-order valence-electron chi connectivity index (χ3n) is 6.11. The van der Waals surface area contributed by atoms with E-state index >= 15 is 0 Å². The van der Waals surface area contributed by atoms with Gasteiger partial charge in [-0.15, -0.1) is 0 Å². The molecule has 0 N–H and O–H groups in total. The Morgan fingerprint density at radius 3 is 2.58 bits per heavy atom. The molecule has 4 aromatic rings. The largest absolute Gasteiger partial charge is 0.436 e. The SMILES string of the molecule is CC(C)c1ccccc1C1=CCC2=c3cc4oc(-c5ccccc5)nc4cc3=NC2=C1. The molecule has 150 valence electrons. The van der Waals surface area contributed by atoms with E-state index in [9.17, 15) is 0 Å². The first-order valence-electron chi connectivity index (χ1n) is 10.8. The molecule has 2 heterocycles. The molecule has 0 saturated heterocycles. The van der Waals surface area contributed by atoms with Crippen molar-refractivity contribution in [3.8, 4) is 11.5 Å². The second-order valence-corrected chi connectivity index (χ2v) is 8.45. The number of aromatic nitrogens is 1. The van der Waals surface area contributed by atoms with Crippen molar-refractivity contribution >= 4 is 22.2 Å². The molecule has 3 heteroatoms. The van der Waals surface area contributed by atoms with Gasteiger partial charge in [-0.25, -0.2) is 9.98 Å². The average molecular weight is 402 g/mol. The molecular formula is C28H22N2O. The first kappa shape index (κ1) is 18.1. The van der Waals surface area contributed by atoms with E-state index in [1.807, 2.05) is 30.3 Å². The smallest absolute Gasteiger partial charge is 0.227 e. The summed E-state index contributed by atoms with van der Waals surface area (Å²) in [5, 5.41) is 2.13. The van der Waals surface area contributed by atoms with Crippen molar-refractivity contribution in [3.05, 3.63) is 106 Å². The highest BCUT2D eigenvalue weighted by atomic mass is 16.3. The molecule has 3 aromatic carbocycles. The number of fused-ring (bicyclic) bond motifs is 3. The van der Waals surface area contributed by atoms with Gasteiger partial charge in [0.1, 0.15) is 5.52 Å². The maximum atomic E-state index is 6.09. The van der Waals surface area contributed by atoms with E-state index in [4.69, 9.17) is 14.4 Å². The quantitative estimate of drug-likeness (QED) is 0.436. The topological polar surface area (TPSA) is 38.4 Å². The lowest BCUT2D eigenvalue weighted by Crippen LogP contribution is -2.22. The summed E-state index contributed by atoms with van der Waals surface area (Å²) >= 11 is 0. The van der Waals surface area contributed by atoms with E-state index in [2.05, 4.69) is 62.4 Å². The van der Waals surface area contributed by atoms with Crippen molar-refractivity contribution < 1.29 is 4.42 Å². The third kappa shape index (κ3) is 2.97. The summed E-state index contributed by atoms with van der Waals surface area (Å²) in [7, 11) is 0. The van der Waals surface area contributed by atoms with Gasteiger partial charge in [-0.1, -0.05) is 62.4 Å². The Kier molecular flexibility index (Phi) is 4.03. The lowest BCUT2D eigenvalue weighted by atomic mass is 9.88. The number of hydrogen-bond donors (Lipinski definition) is 0. The Labute approximate surface area is 180 Å². The first-order valence-corrected chi connectivity index (χ1v) is 10.8. The number of benzene rings is 3. The molecule has 0 saturated carbocycles. The Hall–Kier alpha value is -3.72. The van der Waals surface area contributed by atoms with Crippen molar-refractivity contribution in [1.29, 1.82) is 0 Å². The fraction of sp³-hybridized carbons (Fsp3) is 0.143. The number of nitrogens with zero attached hydrogens (tertiary/aromatic N) is 2. The number of allylic oxidation sites excluding steroid dienone is 4. The van der Waals surface area contributed by atoms with Crippen molar-refractivity contribution in [1.82, 2.24) is 4.98 Å². The normalized spacial score (nSPS) is 14.9. The van der Waals surface area contributed by atoms with E-state index < -0.39 is 0 Å². The molecule has 1 aromatic heterocycles. The summed E-state index contributed by atoms with van der Waals surface area (Å²) in [5.74, 6) is 1.13. The van der Waals surface area contributed by atoms with E-state index in [1.54, 1.807) is 0 Å². The molecule has 1 aliphatic carbocycles. The van der Waals surface area contributed by atoms with E-state index in [0.717, 1.165) is 39.4 Å². The van der Waals surface area contributed by atoms with Gasteiger partial charge < -0.3 is 4.42 Å². The molecule has 0 amide bonds. The molecule has 31 heavy (non-hydrogen) atoms. The van der Waals surface area contributed by atoms with Gasteiger partial charge in [-0.2, -0.15) is 0 Å². The predicted molar refractivity (Wildman–Crippen MR) is 125 cm³/mol.